The minimum absolute atomic E-state index is 0.0445. The maximum absolute atomic E-state index is 14.2. The number of ether oxygens (including phenoxy) is 3. The summed E-state index contributed by atoms with van der Waals surface area (Å²) < 4.78 is 18.7. The van der Waals surface area contributed by atoms with Crippen LogP contribution in [0.1, 0.15) is 50.7 Å². The van der Waals surface area contributed by atoms with Gasteiger partial charge < -0.3 is 34.9 Å². The first-order chi connectivity index (χ1) is 29.9. The van der Waals surface area contributed by atoms with Crippen molar-refractivity contribution in [3.63, 3.8) is 0 Å². The highest BCUT2D eigenvalue weighted by atomic mass is 35.5. The number of nitrogens with one attached hydrogen (secondary N) is 2. The van der Waals surface area contributed by atoms with Crippen LogP contribution in [-0.2, 0) is 35.6 Å². The van der Waals surface area contributed by atoms with Crippen LogP contribution in [0.2, 0.25) is 10.0 Å². The van der Waals surface area contributed by atoms with E-state index in [9.17, 15) is 19.5 Å². The Balaban J connectivity index is 0.986. The summed E-state index contributed by atoms with van der Waals surface area (Å²) >= 11 is 12.2. The average Bonchev–Trinajstić information content (AvgIpc) is 3.26. The van der Waals surface area contributed by atoms with Gasteiger partial charge in [-0.25, -0.2) is 9.59 Å². The Labute approximate surface area is 369 Å². The van der Waals surface area contributed by atoms with Crippen molar-refractivity contribution in [1.82, 2.24) is 15.2 Å². The van der Waals surface area contributed by atoms with Gasteiger partial charge in [-0.05, 0) is 125 Å². The van der Waals surface area contributed by atoms with Crippen molar-refractivity contribution in [3.8, 4) is 28.4 Å². The van der Waals surface area contributed by atoms with E-state index in [-0.39, 0.29) is 26.0 Å². The second-order valence-corrected chi connectivity index (χ2v) is 16.4. The number of halogens is 2. The Morgan fingerprint density at radius 2 is 1.63 bits per heavy atom. The summed E-state index contributed by atoms with van der Waals surface area (Å²) in [5.74, 6) is -0.0737. The van der Waals surface area contributed by atoms with Crippen LogP contribution in [0.5, 0.6) is 17.2 Å². The topological polar surface area (TPSA) is 139 Å². The number of rotatable bonds is 11. The smallest absolute Gasteiger partial charge is 0.326 e. The number of carboxylic acids is 1. The van der Waals surface area contributed by atoms with Gasteiger partial charge in [0.05, 0.1) is 10.0 Å². The quantitative estimate of drug-likeness (QED) is 0.117. The van der Waals surface area contributed by atoms with E-state index < -0.39 is 36.1 Å². The lowest BCUT2D eigenvalue weighted by atomic mass is 9.92. The van der Waals surface area contributed by atoms with E-state index in [1.807, 2.05) is 112 Å². The molecule has 2 aliphatic rings. The van der Waals surface area contributed by atoms with Gasteiger partial charge in [0.25, 0.3) is 0 Å². The lowest BCUT2D eigenvalue weighted by Crippen LogP contribution is -2.56. The Bertz CT molecular complexity index is 2660. The molecule has 0 saturated heterocycles. The van der Waals surface area contributed by atoms with Crippen LogP contribution >= 0.6 is 23.2 Å². The van der Waals surface area contributed by atoms with Crippen molar-refractivity contribution in [3.05, 3.63) is 170 Å². The highest BCUT2D eigenvalue weighted by Gasteiger charge is 2.38. The maximum Gasteiger partial charge on any atom is 0.326 e. The number of pyridine rings is 1. The van der Waals surface area contributed by atoms with Crippen LogP contribution in [0.15, 0.2) is 115 Å². The summed E-state index contributed by atoms with van der Waals surface area (Å²) in [6, 6.07) is 30.8. The Hall–Kier alpha value is -6.56. The predicted octanol–water partition coefficient (Wildman–Crippen LogP) is 9.84. The number of benzene rings is 5. The number of fused-ring (bicyclic) bond motifs is 2. The number of anilines is 1. The monoisotopic (exact) mass is 870 g/mol. The first kappa shape index (κ1) is 42.1. The fourth-order valence-electron chi connectivity index (χ4n) is 7.73. The van der Waals surface area contributed by atoms with Crippen LogP contribution in [0.3, 0.4) is 0 Å². The molecule has 5 aromatic carbocycles. The number of carboxylic acid groups (broad SMARTS) is 1. The van der Waals surface area contributed by atoms with Crippen molar-refractivity contribution in [2.24, 2.45) is 0 Å². The fraction of sp³-hybridized carbons (Fsp3) is 0.224. The van der Waals surface area contributed by atoms with Crippen LogP contribution in [0.4, 0.5) is 10.5 Å². The molecular weight excluding hydrogens is 827 g/mol. The van der Waals surface area contributed by atoms with Gasteiger partial charge in [-0.3, -0.25) is 9.78 Å². The van der Waals surface area contributed by atoms with E-state index in [4.69, 9.17) is 37.4 Å². The van der Waals surface area contributed by atoms with E-state index in [2.05, 4.69) is 15.6 Å². The molecule has 0 unspecified atom stereocenters. The van der Waals surface area contributed by atoms with E-state index in [1.165, 1.54) is 4.90 Å². The summed E-state index contributed by atoms with van der Waals surface area (Å²) in [6.45, 7) is 6.52. The van der Waals surface area contributed by atoms with Gasteiger partial charge in [0.1, 0.15) is 31.0 Å². The van der Waals surface area contributed by atoms with Gasteiger partial charge >= 0.3 is 12.0 Å². The molecule has 0 fully saturated rings. The zero-order valence-electron chi connectivity index (χ0n) is 34.3. The van der Waals surface area contributed by atoms with E-state index in [0.29, 0.717) is 39.6 Å². The summed E-state index contributed by atoms with van der Waals surface area (Å²) in [6.07, 6.45) is 1.52. The third kappa shape index (κ3) is 9.49. The molecule has 2 aliphatic heterocycles. The summed E-state index contributed by atoms with van der Waals surface area (Å²) in [5, 5.41) is 16.9. The number of amides is 3. The number of hydrogen-bond acceptors (Lipinski definition) is 7. The zero-order valence-corrected chi connectivity index (χ0v) is 35.8. The Morgan fingerprint density at radius 1 is 0.871 bits per heavy atom. The molecule has 8 rings (SSSR count). The molecule has 3 N–H and O–H groups in total. The summed E-state index contributed by atoms with van der Waals surface area (Å²) in [4.78, 5) is 46.7. The molecule has 11 nitrogen and oxygen atoms in total. The lowest BCUT2D eigenvalue weighted by molar-refractivity contribution is -0.142. The molecule has 3 heterocycles. The van der Waals surface area contributed by atoms with Crippen LogP contribution in [0, 0.1) is 20.8 Å². The molecule has 6 aromatic rings. The number of carbonyl (C=O) groups excluding carboxylic acids is 2. The first-order valence-electron chi connectivity index (χ1n) is 20.2. The normalized spacial score (nSPS) is 15.9. The second kappa shape index (κ2) is 18.2. The summed E-state index contributed by atoms with van der Waals surface area (Å²) in [5.41, 5.74) is 9.62. The van der Waals surface area contributed by atoms with Crippen LogP contribution in [0.25, 0.3) is 11.1 Å². The largest absolute Gasteiger partial charge is 0.489 e. The second-order valence-electron chi connectivity index (χ2n) is 15.6. The zero-order chi connectivity index (χ0) is 43.5. The third-order valence-corrected chi connectivity index (χ3v) is 12.0. The van der Waals surface area contributed by atoms with Gasteiger partial charge in [-0.2, -0.15) is 0 Å². The average molecular weight is 872 g/mol. The lowest BCUT2D eigenvalue weighted by Gasteiger charge is -2.37. The van der Waals surface area contributed by atoms with Crippen LogP contribution in [-0.4, -0.2) is 51.6 Å². The van der Waals surface area contributed by atoms with Crippen molar-refractivity contribution in [2.45, 2.75) is 65.0 Å². The molecule has 0 spiro atoms. The molecule has 0 aliphatic carbocycles. The minimum atomic E-state index is -1.25. The predicted molar refractivity (Wildman–Crippen MR) is 238 cm³/mol. The van der Waals surface area contributed by atoms with Crippen LogP contribution < -0.4 is 24.8 Å². The number of aryl methyl sites for hydroxylation is 2. The number of nitrogens with zero attached hydrogens (tertiary/aromatic N) is 2. The molecule has 3 amide bonds. The maximum atomic E-state index is 14.2. The first-order valence-corrected chi connectivity index (χ1v) is 20.9. The third-order valence-electron chi connectivity index (χ3n) is 11.3. The number of aliphatic carboxylic acids is 1. The molecular formula is C49H44Cl2N4O7. The number of aromatic nitrogens is 1. The summed E-state index contributed by atoms with van der Waals surface area (Å²) in [7, 11) is 0. The molecule has 62 heavy (non-hydrogen) atoms. The molecule has 1 aromatic heterocycles. The van der Waals surface area contributed by atoms with Gasteiger partial charge in [0.15, 0.2) is 17.6 Å². The van der Waals surface area contributed by atoms with Crippen molar-refractivity contribution < 1.29 is 33.7 Å². The van der Waals surface area contributed by atoms with Gasteiger partial charge in [0, 0.05) is 37.0 Å². The molecule has 0 saturated carbocycles. The Kier molecular flexibility index (Phi) is 12.4. The van der Waals surface area contributed by atoms with Crippen molar-refractivity contribution in [2.75, 3.05) is 11.9 Å². The van der Waals surface area contributed by atoms with Crippen molar-refractivity contribution in [1.29, 1.82) is 0 Å². The van der Waals surface area contributed by atoms with E-state index in [1.54, 1.807) is 24.4 Å². The fourth-order valence-corrected chi connectivity index (χ4v) is 8.05. The Morgan fingerprint density at radius 3 is 2.37 bits per heavy atom. The minimum Gasteiger partial charge on any atom is -0.489 e. The molecule has 0 bridgehead atoms. The molecule has 0 radical (unpaired) electrons. The number of carbonyl (C=O) groups is 3. The molecule has 3 atom stereocenters. The highest BCUT2D eigenvalue weighted by Crippen LogP contribution is 2.41. The molecule has 13 heteroatoms. The van der Waals surface area contributed by atoms with Gasteiger partial charge in [-0.15, -0.1) is 0 Å². The van der Waals surface area contributed by atoms with Crippen molar-refractivity contribution >= 4 is 46.8 Å². The van der Waals surface area contributed by atoms with Gasteiger partial charge in [0.2, 0.25) is 5.91 Å². The van der Waals surface area contributed by atoms with E-state index in [0.717, 1.165) is 55.8 Å². The number of urea groups is 1. The SMILES string of the molecule is Cc1cccc(NC(=O)N2Cc3cc4c(cc3C[C@H]2C(=O)N[C@@H](Cc2ccc(-c3ccnc(C)c3C)cc2)C(=O)O)OC[C@H](c2ccc(OCc3ccc(Cl)c(Cl)c3)cc2)O4)c1. The number of hydrogen-bond donors (Lipinski definition) is 3. The molecule has 316 valence electrons. The van der Waals surface area contributed by atoms with E-state index >= 15 is 0 Å². The standard InChI is InChI=1S/C49H44Cl2N4O7/c1-28-5-4-6-37(19-28)53-49(59)55-25-36-24-45-44(61-27-46(62-45)34-12-14-38(15-13-34)60-26-32-9-16-40(50)41(51)20-32)23-35(36)22-43(55)47(56)54-42(48(57)58)21-31-7-10-33(11-8-31)39-17-18-52-30(3)29(39)2/h4-20,23-24,42-43,46H,21-22,25-27H2,1-3H3,(H,53,59)(H,54,56)(H,57,58)/t42-,43-,46+/m0/s1. The highest BCUT2D eigenvalue weighted by molar-refractivity contribution is 6.42. The van der Waals surface area contributed by atoms with Gasteiger partial charge in [-0.1, -0.05) is 77.8 Å².